The molecule has 0 rings (SSSR count). The predicted octanol–water partition coefficient (Wildman–Crippen LogP) is 0.313. The van der Waals surface area contributed by atoms with Gasteiger partial charge in [-0.2, -0.15) is 0 Å². The van der Waals surface area contributed by atoms with E-state index in [1.54, 1.807) is 0 Å². The van der Waals surface area contributed by atoms with Gasteiger partial charge in [-0.1, -0.05) is 0 Å². The van der Waals surface area contributed by atoms with E-state index in [-0.39, 0.29) is 0 Å². The number of hydrogen-bond acceptors (Lipinski definition) is 4. The van der Waals surface area contributed by atoms with Crippen molar-refractivity contribution < 1.29 is 17.7 Å². The highest BCUT2D eigenvalue weighted by Gasteiger charge is 2.40. The van der Waals surface area contributed by atoms with E-state index in [1.165, 1.54) is 0 Å². The molecule has 0 saturated heterocycles. The second-order valence-corrected chi connectivity index (χ2v) is 7.16. The Balaban J connectivity index is 4.16. The van der Waals surface area contributed by atoms with E-state index in [4.69, 9.17) is 13.3 Å². The maximum atomic E-state index is 10.9. The SMILES string of the molecule is CCO[Si](OCC)(OCC)[SiH]=O. The third-order valence-corrected chi connectivity index (χ3v) is 5.91. The Morgan fingerprint density at radius 2 is 1.33 bits per heavy atom. The summed E-state index contributed by atoms with van der Waals surface area (Å²) in [5.74, 6) is 0. The first-order valence-electron chi connectivity index (χ1n) is 4.12. The Bertz CT molecular complexity index is 114. The molecule has 0 heterocycles. The molecule has 0 aliphatic heterocycles. The smallest absolute Gasteiger partial charge is 0.387 e. The van der Waals surface area contributed by atoms with Crippen molar-refractivity contribution in [1.29, 1.82) is 0 Å². The van der Waals surface area contributed by atoms with Gasteiger partial charge in [0.2, 0.25) is 0 Å². The Kier molecular flexibility index (Phi) is 6.67. The highest BCUT2D eigenvalue weighted by molar-refractivity contribution is 7.08. The van der Waals surface area contributed by atoms with Crippen LogP contribution in [0.25, 0.3) is 0 Å². The maximum Gasteiger partial charge on any atom is 0.537 e. The minimum Gasteiger partial charge on any atom is -0.387 e. The summed E-state index contributed by atoms with van der Waals surface area (Å²) in [7, 11) is -3.86. The van der Waals surface area contributed by atoms with E-state index in [0.717, 1.165) is 0 Å². The molecule has 0 saturated carbocycles. The van der Waals surface area contributed by atoms with E-state index < -0.39 is 17.2 Å². The molecule has 0 aromatic heterocycles. The van der Waals surface area contributed by atoms with Gasteiger partial charge in [-0.05, 0) is 20.8 Å². The molecule has 0 aliphatic rings. The molecule has 0 amide bonds. The molecule has 0 fully saturated rings. The summed E-state index contributed by atoms with van der Waals surface area (Å²) in [4.78, 5) is 0. The van der Waals surface area contributed by atoms with Gasteiger partial charge in [0.25, 0.3) is 0 Å². The second-order valence-electron chi connectivity index (χ2n) is 2.02. The van der Waals surface area contributed by atoms with Crippen molar-refractivity contribution in [3.8, 4) is 0 Å². The van der Waals surface area contributed by atoms with Crippen molar-refractivity contribution in [1.82, 2.24) is 0 Å². The summed E-state index contributed by atoms with van der Waals surface area (Å²) in [5.41, 5.74) is 0. The molecular formula is C6H16O4Si2. The maximum absolute atomic E-state index is 10.9. The van der Waals surface area contributed by atoms with Crippen LogP contribution in [0, 0.1) is 0 Å². The monoisotopic (exact) mass is 208 g/mol. The summed E-state index contributed by atoms with van der Waals surface area (Å²) in [6.45, 7) is 6.99. The minimum atomic E-state index is -2.74. The third kappa shape index (κ3) is 3.68. The minimum absolute atomic E-state index is 0.488. The second kappa shape index (κ2) is 6.61. The lowest BCUT2D eigenvalue weighted by molar-refractivity contribution is 0.0917. The number of hydrogen-bond donors (Lipinski definition) is 0. The summed E-state index contributed by atoms with van der Waals surface area (Å²) in [5, 5.41) is 0. The molecule has 0 aliphatic carbocycles. The molecule has 0 radical (unpaired) electrons. The fourth-order valence-electron chi connectivity index (χ4n) is 0.831. The van der Waals surface area contributed by atoms with Gasteiger partial charge in [-0.3, -0.25) is 0 Å². The van der Waals surface area contributed by atoms with Crippen LogP contribution in [0.4, 0.5) is 0 Å². The van der Waals surface area contributed by atoms with Crippen molar-refractivity contribution in [3.63, 3.8) is 0 Å². The standard InChI is InChI=1S/C6H16O4Si2/c1-4-8-12(11-7,9-5-2)10-6-3/h11H,4-6H2,1-3H3. The van der Waals surface area contributed by atoms with Gasteiger partial charge in [-0.15, -0.1) is 0 Å². The Hall–Kier alpha value is 0.114. The van der Waals surface area contributed by atoms with Crippen LogP contribution >= 0.6 is 0 Å². The zero-order chi connectivity index (χ0) is 9.45. The van der Waals surface area contributed by atoms with Crippen LogP contribution in [-0.4, -0.2) is 37.1 Å². The molecule has 6 heteroatoms. The fourth-order valence-corrected chi connectivity index (χ4v) is 4.60. The van der Waals surface area contributed by atoms with Crippen molar-refractivity contribution in [3.05, 3.63) is 0 Å². The van der Waals surface area contributed by atoms with Crippen molar-refractivity contribution in [2.75, 3.05) is 19.8 Å². The van der Waals surface area contributed by atoms with Gasteiger partial charge >= 0.3 is 17.2 Å². The third-order valence-electron chi connectivity index (χ3n) is 1.18. The highest BCUT2D eigenvalue weighted by Crippen LogP contribution is 2.05. The highest BCUT2D eigenvalue weighted by atomic mass is 29.2. The molecule has 0 spiro atoms. The van der Waals surface area contributed by atoms with E-state index in [0.29, 0.717) is 19.8 Å². The van der Waals surface area contributed by atoms with Gasteiger partial charge in [0.15, 0.2) is 0 Å². The average molecular weight is 208 g/mol. The predicted molar refractivity (Wildman–Crippen MR) is 48.5 cm³/mol. The van der Waals surface area contributed by atoms with E-state index >= 15 is 0 Å². The normalized spacial score (nSPS) is 11.6. The first kappa shape index (κ1) is 12.1. The molecule has 0 aromatic rings. The fraction of sp³-hybridized carbons (Fsp3) is 1.00. The van der Waals surface area contributed by atoms with Gasteiger partial charge in [-0.25, -0.2) is 0 Å². The van der Waals surface area contributed by atoms with Crippen molar-refractivity contribution in [2.45, 2.75) is 20.8 Å². The van der Waals surface area contributed by atoms with Crippen LogP contribution in [0.5, 0.6) is 0 Å². The lowest BCUT2D eigenvalue weighted by Gasteiger charge is -2.22. The van der Waals surface area contributed by atoms with Gasteiger partial charge < -0.3 is 17.7 Å². The summed E-state index contributed by atoms with van der Waals surface area (Å²) in [6.07, 6.45) is 0. The average Bonchev–Trinajstić information content (AvgIpc) is 2.06. The van der Waals surface area contributed by atoms with Gasteiger partial charge in [0, 0.05) is 19.8 Å². The number of rotatable bonds is 7. The van der Waals surface area contributed by atoms with E-state index in [9.17, 15) is 4.46 Å². The quantitative estimate of drug-likeness (QED) is 0.565. The van der Waals surface area contributed by atoms with Crippen molar-refractivity contribution in [2.24, 2.45) is 0 Å². The Morgan fingerprint density at radius 3 is 1.50 bits per heavy atom. The zero-order valence-electron chi connectivity index (χ0n) is 7.83. The van der Waals surface area contributed by atoms with E-state index in [1.807, 2.05) is 20.8 Å². The molecular weight excluding hydrogens is 192 g/mol. The molecule has 12 heavy (non-hydrogen) atoms. The topological polar surface area (TPSA) is 44.8 Å². The van der Waals surface area contributed by atoms with Crippen LogP contribution in [0.2, 0.25) is 0 Å². The first-order chi connectivity index (χ1) is 5.74. The van der Waals surface area contributed by atoms with Crippen LogP contribution < -0.4 is 0 Å². The van der Waals surface area contributed by atoms with Crippen LogP contribution in [0.1, 0.15) is 20.8 Å². The zero-order valence-corrected chi connectivity index (χ0v) is 9.99. The van der Waals surface area contributed by atoms with Crippen LogP contribution in [0.15, 0.2) is 0 Å². The summed E-state index contributed by atoms with van der Waals surface area (Å²) < 4.78 is 26.7. The lowest BCUT2D eigenvalue weighted by atomic mass is 10.9. The van der Waals surface area contributed by atoms with Gasteiger partial charge in [0.1, 0.15) is 0 Å². The Labute approximate surface area is 76.2 Å². The van der Waals surface area contributed by atoms with Crippen LogP contribution in [0.3, 0.4) is 0 Å². The lowest BCUT2D eigenvalue weighted by Crippen LogP contribution is -2.49. The summed E-state index contributed by atoms with van der Waals surface area (Å²) in [6, 6.07) is 0. The Morgan fingerprint density at radius 1 is 1.00 bits per heavy atom. The molecule has 72 valence electrons. The molecule has 0 bridgehead atoms. The molecule has 4 nitrogen and oxygen atoms in total. The first-order valence-corrected chi connectivity index (χ1v) is 8.13. The molecule has 0 unspecified atom stereocenters. The molecule has 0 aromatic carbocycles. The molecule has 0 atom stereocenters. The molecule has 0 N–H and O–H groups in total. The van der Waals surface area contributed by atoms with Crippen LogP contribution in [-0.2, 0) is 17.7 Å². The largest absolute Gasteiger partial charge is 0.537 e. The summed E-state index contributed by atoms with van der Waals surface area (Å²) >= 11 is 0. The van der Waals surface area contributed by atoms with Gasteiger partial charge in [0.05, 0.1) is 0 Å². The van der Waals surface area contributed by atoms with E-state index in [2.05, 4.69) is 0 Å². The van der Waals surface area contributed by atoms with Crippen molar-refractivity contribution >= 4 is 17.2 Å².